The molecule has 0 N–H and O–H groups in total. The van der Waals surface area contributed by atoms with Crippen LogP contribution in [0.3, 0.4) is 0 Å². The number of nitrogens with zero attached hydrogens (tertiary/aromatic N) is 1. The molecule has 0 aliphatic carbocycles. The number of hydrogen-bond donors (Lipinski definition) is 0. The Hall–Kier alpha value is -0.910. The summed E-state index contributed by atoms with van der Waals surface area (Å²) in [6.45, 7) is 5.10. The number of ether oxygens (including phenoxy) is 1. The SMILES string of the molecule is Cc1cccc(S(=O)(=O)N2CCOC(C)C2)c1. The lowest BCUT2D eigenvalue weighted by atomic mass is 10.2. The zero-order valence-corrected chi connectivity index (χ0v) is 10.9. The maximum Gasteiger partial charge on any atom is 0.243 e. The van der Waals surface area contributed by atoms with Crippen molar-refractivity contribution in [2.45, 2.75) is 24.8 Å². The molecule has 0 radical (unpaired) electrons. The maximum absolute atomic E-state index is 12.4. The van der Waals surface area contributed by atoms with Crippen molar-refractivity contribution in [3.63, 3.8) is 0 Å². The smallest absolute Gasteiger partial charge is 0.243 e. The van der Waals surface area contributed by atoms with Crippen LogP contribution in [0.4, 0.5) is 0 Å². The molecule has 1 aromatic rings. The van der Waals surface area contributed by atoms with E-state index in [0.717, 1.165) is 5.56 Å². The molecule has 1 heterocycles. The molecule has 0 aromatic heterocycles. The van der Waals surface area contributed by atoms with Crippen molar-refractivity contribution in [3.8, 4) is 0 Å². The van der Waals surface area contributed by atoms with E-state index < -0.39 is 10.0 Å². The van der Waals surface area contributed by atoms with Crippen molar-refractivity contribution in [3.05, 3.63) is 29.8 Å². The molecular weight excluding hydrogens is 238 g/mol. The number of hydrogen-bond acceptors (Lipinski definition) is 3. The Morgan fingerprint density at radius 3 is 2.82 bits per heavy atom. The average Bonchev–Trinajstić information content (AvgIpc) is 2.29. The Kier molecular flexibility index (Phi) is 3.51. The zero-order valence-electron chi connectivity index (χ0n) is 10.1. The maximum atomic E-state index is 12.4. The van der Waals surface area contributed by atoms with Crippen molar-refractivity contribution in [2.24, 2.45) is 0 Å². The zero-order chi connectivity index (χ0) is 12.5. The molecule has 0 saturated carbocycles. The van der Waals surface area contributed by atoms with Gasteiger partial charge in [0.1, 0.15) is 0 Å². The van der Waals surface area contributed by atoms with Gasteiger partial charge in [0.25, 0.3) is 0 Å². The Bertz CT molecular complexity index is 498. The summed E-state index contributed by atoms with van der Waals surface area (Å²) in [4.78, 5) is 0.367. The van der Waals surface area contributed by atoms with Crippen LogP contribution in [0.15, 0.2) is 29.2 Å². The first-order valence-electron chi connectivity index (χ1n) is 5.68. The summed E-state index contributed by atoms with van der Waals surface area (Å²) in [5, 5.41) is 0. The monoisotopic (exact) mass is 255 g/mol. The van der Waals surface area contributed by atoms with Crippen LogP contribution in [0, 0.1) is 6.92 Å². The van der Waals surface area contributed by atoms with Crippen molar-refractivity contribution in [1.29, 1.82) is 0 Å². The van der Waals surface area contributed by atoms with Gasteiger partial charge in [-0.3, -0.25) is 0 Å². The molecule has 2 rings (SSSR count). The molecular formula is C12H17NO3S. The van der Waals surface area contributed by atoms with Crippen LogP contribution in [0.5, 0.6) is 0 Å². The predicted octanol–water partition coefficient (Wildman–Crippen LogP) is 1.40. The van der Waals surface area contributed by atoms with Gasteiger partial charge >= 0.3 is 0 Å². The molecule has 0 amide bonds. The highest BCUT2D eigenvalue weighted by atomic mass is 32.2. The summed E-state index contributed by atoms with van der Waals surface area (Å²) in [7, 11) is -3.36. The molecule has 1 unspecified atom stereocenters. The van der Waals surface area contributed by atoms with E-state index in [1.165, 1.54) is 4.31 Å². The third-order valence-corrected chi connectivity index (χ3v) is 4.69. The van der Waals surface area contributed by atoms with Crippen LogP contribution in [-0.2, 0) is 14.8 Å². The fourth-order valence-corrected chi connectivity index (χ4v) is 3.53. The van der Waals surface area contributed by atoms with Crippen LogP contribution < -0.4 is 0 Å². The van der Waals surface area contributed by atoms with E-state index in [0.29, 0.717) is 24.6 Å². The molecule has 17 heavy (non-hydrogen) atoms. The van der Waals surface area contributed by atoms with Gasteiger partial charge in [-0.15, -0.1) is 0 Å². The molecule has 5 heteroatoms. The number of morpholine rings is 1. The summed E-state index contributed by atoms with van der Waals surface area (Å²) in [5.74, 6) is 0. The highest BCUT2D eigenvalue weighted by Crippen LogP contribution is 2.19. The van der Waals surface area contributed by atoms with Crippen molar-refractivity contribution < 1.29 is 13.2 Å². The Labute approximate surface area is 102 Å². The van der Waals surface area contributed by atoms with Gasteiger partial charge in [0.2, 0.25) is 10.0 Å². The van der Waals surface area contributed by atoms with Crippen LogP contribution in [-0.4, -0.2) is 38.5 Å². The molecule has 1 aromatic carbocycles. The van der Waals surface area contributed by atoms with Crippen molar-refractivity contribution in [2.75, 3.05) is 19.7 Å². The molecule has 94 valence electrons. The van der Waals surface area contributed by atoms with E-state index in [9.17, 15) is 8.42 Å². The first kappa shape index (κ1) is 12.5. The van der Waals surface area contributed by atoms with Gasteiger partial charge in [0.05, 0.1) is 17.6 Å². The quantitative estimate of drug-likeness (QED) is 0.802. The summed E-state index contributed by atoms with van der Waals surface area (Å²) in [5.41, 5.74) is 0.951. The topological polar surface area (TPSA) is 46.6 Å². The fourth-order valence-electron chi connectivity index (χ4n) is 1.93. The number of aryl methyl sites for hydroxylation is 1. The second-order valence-electron chi connectivity index (χ2n) is 4.36. The Morgan fingerprint density at radius 2 is 2.18 bits per heavy atom. The minimum atomic E-state index is -3.36. The van der Waals surface area contributed by atoms with E-state index in [1.54, 1.807) is 18.2 Å². The molecule has 1 aliphatic rings. The van der Waals surface area contributed by atoms with Crippen LogP contribution in [0.25, 0.3) is 0 Å². The van der Waals surface area contributed by atoms with Gasteiger partial charge in [-0.25, -0.2) is 8.42 Å². The summed E-state index contributed by atoms with van der Waals surface area (Å²) < 4.78 is 31.6. The van der Waals surface area contributed by atoms with Gasteiger partial charge in [-0.2, -0.15) is 4.31 Å². The standard InChI is InChI=1S/C12H17NO3S/c1-10-4-3-5-12(8-10)17(14,15)13-6-7-16-11(2)9-13/h3-5,8,11H,6-7,9H2,1-2H3. The predicted molar refractivity (Wildman–Crippen MR) is 65.4 cm³/mol. The molecule has 4 nitrogen and oxygen atoms in total. The van der Waals surface area contributed by atoms with Crippen LogP contribution in [0.2, 0.25) is 0 Å². The molecule has 1 aliphatic heterocycles. The Balaban J connectivity index is 2.29. The lowest BCUT2D eigenvalue weighted by Gasteiger charge is -2.30. The molecule has 1 saturated heterocycles. The van der Waals surface area contributed by atoms with Crippen molar-refractivity contribution in [1.82, 2.24) is 4.31 Å². The molecule has 0 spiro atoms. The van der Waals surface area contributed by atoms with Gasteiger partial charge in [0, 0.05) is 13.1 Å². The second kappa shape index (κ2) is 4.76. The minimum Gasteiger partial charge on any atom is -0.376 e. The highest BCUT2D eigenvalue weighted by Gasteiger charge is 2.28. The summed E-state index contributed by atoms with van der Waals surface area (Å²) in [6.07, 6.45) is -0.0386. The first-order chi connectivity index (χ1) is 8.00. The van der Waals surface area contributed by atoms with Crippen molar-refractivity contribution >= 4 is 10.0 Å². The Morgan fingerprint density at radius 1 is 1.41 bits per heavy atom. The van der Waals surface area contributed by atoms with Gasteiger partial charge in [0.15, 0.2) is 0 Å². The van der Waals surface area contributed by atoms with E-state index in [2.05, 4.69) is 0 Å². The largest absolute Gasteiger partial charge is 0.376 e. The van der Waals surface area contributed by atoms with Gasteiger partial charge < -0.3 is 4.74 Å². The lowest BCUT2D eigenvalue weighted by Crippen LogP contribution is -2.44. The first-order valence-corrected chi connectivity index (χ1v) is 7.12. The average molecular weight is 255 g/mol. The highest BCUT2D eigenvalue weighted by molar-refractivity contribution is 7.89. The van der Waals surface area contributed by atoms with Gasteiger partial charge in [-0.05, 0) is 31.5 Å². The van der Waals surface area contributed by atoms with E-state index in [1.807, 2.05) is 19.9 Å². The second-order valence-corrected chi connectivity index (χ2v) is 6.30. The summed E-state index contributed by atoms with van der Waals surface area (Å²) >= 11 is 0. The van der Waals surface area contributed by atoms with E-state index in [4.69, 9.17) is 4.74 Å². The fraction of sp³-hybridized carbons (Fsp3) is 0.500. The van der Waals surface area contributed by atoms with E-state index in [-0.39, 0.29) is 6.10 Å². The number of sulfonamides is 1. The van der Waals surface area contributed by atoms with Crippen LogP contribution >= 0.6 is 0 Å². The third kappa shape index (κ3) is 2.68. The number of rotatable bonds is 2. The normalized spacial score (nSPS) is 22.6. The lowest BCUT2D eigenvalue weighted by molar-refractivity contribution is 0.0102. The van der Waals surface area contributed by atoms with E-state index >= 15 is 0 Å². The minimum absolute atomic E-state index is 0.0386. The summed E-state index contributed by atoms with van der Waals surface area (Å²) in [6, 6.07) is 7.00. The molecule has 1 atom stereocenters. The molecule has 0 bridgehead atoms. The van der Waals surface area contributed by atoms with Gasteiger partial charge in [-0.1, -0.05) is 12.1 Å². The number of benzene rings is 1. The molecule has 1 fully saturated rings. The van der Waals surface area contributed by atoms with Crippen LogP contribution in [0.1, 0.15) is 12.5 Å². The third-order valence-electron chi connectivity index (χ3n) is 2.83.